The number of anilines is 1. The summed E-state index contributed by atoms with van der Waals surface area (Å²) in [5.41, 5.74) is 8.37. The Morgan fingerprint density at radius 2 is 1.62 bits per heavy atom. The van der Waals surface area contributed by atoms with Crippen LogP contribution in [0.2, 0.25) is 22.2 Å². The van der Waals surface area contributed by atoms with Crippen LogP contribution in [0.3, 0.4) is 0 Å². The molecule has 2 saturated heterocycles. The number of hydrogen-bond acceptors (Lipinski definition) is 7. The van der Waals surface area contributed by atoms with Crippen molar-refractivity contribution >= 4 is 34.1 Å². The molecule has 11 heteroatoms. The first-order chi connectivity index (χ1) is 15.9. The second-order valence-corrected chi connectivity index (χ2v) is 19.8. The number of nitrogen functional groups attached to an aromatic ring is 1. The van der Waals surface area contributed by atoms with Gasteiger partial charge in [-0.3, -0.25) is 9.78 Å². The molecule has 4 rings (SSSR count). The minimum Gasteiger partial charge on any atom is -0.414 e. The van der Waals surface area contributed by atoms with E-state index in [1.807, 2.05) is 0 Å². The zero-order valence-electron chi connectivity index (χ0n) is 21.6. The number of nitrogens with one attached hydrogen (secondary N) is 2. The molecule has 0 amide bonds. The summed E-state index contributed by atoms with van der Waals surface area (Å²) in [6.07, 6.45) is 1.79. The predicted molar refractivity (Wildman–Crippen MR) is 137 cm³/mol. The fraction of sp³-hybridized carbons (Fsp3) is 0.739. The lowest BCUT2D eigenvalue weighted by atomic mass is 10.1. The first-order valence-electron chi connectivity index (χ1n) is 12.4. The molecule has 1 unspecified atom stereocenters. The molecule has 0 saturated carbocycles. The number of H-pyrrole nitrogens is 2. The monoisotopic (exact) mass is 508 g/mol. The first-order valence-corrected chi connectivity index (χ1v) is 16.4. The summed E-state index contributed by atoms with van der Waals surface area (Å²) in [4.78, 5) is 22.3. The molecule has 3 atom stereocenters. The molecule has 2 aliphatic rings. The molecule has 190 valence electrons. The topological polar surface area (TPSA) is 124 Å². The van der Waals surface area contributed by atoms with Gasteiger partial charge in [0.05, 0.1) is 18.8 Å². The molecule has 0 spiro atoms. The van der Waals surface area contributed by atoms with E-state index in [0.717, 1.165) is 5.56 Å². The normalized spacial score (nSPS) is 27.0. The molecule has 0 aromatic carbocycles. The maximum absolute atomic E-state index is 12.3. The molecular weight excluding hydrogens is 468 g/mol. The number of hydrogen-bond donors (Lipinski definition) is 3. The molecular formula is C23H40N4O5Si2. The van der Waals surface area contributed by atoms with Crippen molar-refractivity contribution in [1.29, 1.82) is 0 Å². The molecule has 0 radical (unpaired) electrons. The van der Waals surface area contributed by atoms with E-state index in [9.17, 15) is 4.79 Å². The number of aromatic nitrogens is 3. The van der Waals surface area contributed by atoms with Gasteiger partial charge in [-0.2, -0.15) is 0 Å². The summed E-state index contributed by atoms with van der Waals surface area (Å²) in [7, 11) is -5.31. The van der Waals surface area contributed by atoms with E-state index in [2.05, 4.69) is 70.3 Å². The SMILES string of the molecule is CC(C)[Si]1(C(C)C)OC[C@@H]2O[C@@H](c3c[nH]c4c(=O)[nH]c(N)nc34)CC2O[Si](C(C)C)(C(C)C)O1. The molecule has 9 nitrogen and oxygen atoms in total. The molecule has 4 heterocycles. The Labute approximate surface area is 203 Å². The molecule has 0 bridgehead atoms. The summed E-state index contributed by atoms with van der Waals surface area (Å²) in [5, 5.41) is 0. The van der Waals surface area contributed by atoms with Crippen LogP contribution in [0.1, 0.15) is 73.5 Å². The van der Waals surface area contributed by atoms with Gasteiger partial charge in [-0.25, -0.2) is 4.98 Å². The second-order valence-electron chi connectivity index (χ2n) is 10.9. The summed E-state index contributed by atoms with van der Waals surface area (Å²) in [5.74, 6) is 0.0889. The van der Waals surface area contributed by atoms with Gasteiger partial charge >= 0.3 is 17.1 Å². The van der Waals surface area contributed by atoms with E-state index >= 15 is 0 Å². The van der Waals surface area contributed by atoms with Gasteiger partial charge in [0.1, 0.15) is 17.1 Å². The summed E-state index contributed by atoms with van der Waals surface area (Å²) in [6.45, 7) is 18.1. The van der Waals surface area contributed by atoms with Gasteiger partial charge in [-0.15, -0.1) is 0 Å². The Kier molecular flexibility index (Phi) is 6.90. The van der Waals surface area contributed by atoms with E-state index in [1.54, 1.807) is 6.20 Å². The van der Waals surface area contributed by atoms with Crippen LogP contribution >= 0.6 is 0 Å². The lowest BCUT2D eigenvalue weighted by Gasteiger charge is -2.51. The van der Waals surface area contributed by atoms with E-state index in [1.165, 1.54) is 0 Å². The molecule has 2 aromatic heterocycles. The van der Waals surface area contributed by atoms with Crippen molar-refractivity contribution in [3.8, 4) is 0 Å². The average Bonchev–Trinajstić information content (AvgIpc) is 3.31. The minimum atomic E-state index is -2.69. The summed E-state index contributed by atoms with van der Waals surface area (Å²) >= 11 is 0. The molecule has 2 aromatic rings. The van der Waals surface area contributed by atoms with Crippen molar-refractivity contribution < 1.29 is 17.7 Å². The highest BCUT2D eigenvalue weighted by Gasteiger charge is 2.60. The molecule has 34 heavy (non-hydrogen) atoms. The number of rotatable bonds is 5. The standard InChI is InChI=1S/C23H40N4O5Si2/c1-12(2)33(13(3)4)29-11-19-18(31-34(32-33,14(5)6)15(7)8)9-17(30-19)16-10-25-21-20(16)26-23(24)27-22(21)28/h10,12-15,17-19,25H,9,11H2,1-8H3,(H3,24,26,27,28)/t17-,18?,19+/m1/s1. The fourth-order valence-corrected chi connectivity index (χ4v) is 16.9. The zero-order chi connectivity index (χ0) is 25.0. The highest BCUT2D eigenvalue weighted by Crippen LogP contribution is 2.49. The highest BCUT2D eigenvalue weighted by molar-refractivity contribution is 6.83. The van der Waals surface area contributed by atoms with Gasteiger partial charge in [-0.05, 0) is 22.2 Å². The van der Waals surface area contributed by atoms with Crippen molar-refractivity contribution in [2.45, 2.75) is 102 Å². The maximum atomic E-state index is 12.3. The Bertz CT molecular complexity index is 1070. The first kappa shape index (κ1) is 25.6. The van der Waals surface area contributed by atoms with E-state index < -0.39 is 17.1 Å². The Morgan fingerprint density at radius 3 is 2.21 bits per heavy atom. The van der Waals surface area contributed by atoms with Gasteiger partial charge in [0.15, 0.2) is 0 Å². The van der Waals surface area contributed by atoms with Crippen LogP contribution in [0.4, 0.5) is 5.95 Å². The fourth-order valence-electron chi connectivity index (χ4n) is 5.65. The number of ether oxygens (including phenoxy) is 1. The minimum absolute atomic E-state index is 0.0889. The second kappa shape index (κ2) is 9.18. The van der Waals surface area contributed by atoms with Crippen LogP contribution in [0.5, 0.6) is 0 Å². The maximum Gasteiger partial charge on any atom is 0.335 e. The zero-order valence-corrected chi connectivity index (χ0v) is 23.6. The lowest BCUT2D eigenvalue weighted by Crippen LogP contribution is -2.65. The third-order valence-electron chi connectivity index (χ3n) is 7.48. The predicted octanol–water partition coefficient (Wildman–Crippen LogP) is 4.62. The van der Waals surface area contributed by atoms with Gasteiger partial charge in [0.2, 0.25) is 5.95 Å². The smallest absolute Gasteiger partial charge is 0.335 e. The van der Waals surface area contributed by atoms with Crippen molar-refractivity contribution in [3.63, 3.8) is 0 Å². The van der Waals surface area contributed by atoms with Crippen molar-refractivity contribution in [2.24, 2.45) is 0 Å². The molecule has 0 aliphatic carbocycles. The van der Waals surface area contributed by atoms with Crippen LogP contribution < -0.4 is 11.3 Å². The number of nitrogens with zero attached hydrogens (tertiary/aromatic N) is 1. The van der Waals surface area contributed by atoms with Crippen molar-refractivity contribution in [1.82, 2.24) is 15.0 Å². The third-order valence-corrected chi connectivity index (χ3v) is 17.8. The molecule has 4 N–H and O–H groups in total. The molecule has 2 fully saturated rings. The van der Waals surface area contributed by atoms with Crippen LogP contribution in [-0.2, 0) is 17.7 Å². The van der Waals surface area contributed by atoms with Crippen LogP contribution in [0, 0.1) is 0 Å². The van der Waals surface area contributed by atoms with Crippen LogP contribution in [0.25, 0.3) is 11.0 Å². The lowest BCUT2D eigenvalue weighted by molar-refractivity contribution is -0.0383. The number of aromatic amines is 2. The van der Waals surface area contributed by atoms with Gasteiger partial charge < -0.3 is 28.4 Å². The molecule has 2 aliphatic heterocycles. The largest absolute Gasteiger partial charge is 0.414 e. The quantitative estimate of drug-likeness (QED) is 0.503. The Balaban J connectivity index is 1.74. The highest BCUT2D eigenvalue weighted by atomic mass is 28.5. The van der Waals surface area contributed by atoms with Gasteiger partial charge in [-0.1, -0.05) is 55.4 Å². The number of fused-ring (bicyclic) bond motifs is 2. The Morgan fingerprint density at radius 1 is 1.00 bits per heavy atom. The van der Waals surface area contributed by atoms with E-state index in [0.29, 0.717) is 24.1 Å². The average molecular weight is 509 g/mol. The number of nitrogens with two attached hydrogens (primary N) is 1. The summed E-state index contributed by atoms with van der Waals surface area (Å²) in [6, 6.07) is 0. The van der Waals surface area contributed by atoms with Gasteiger partial charge in [0.25, 0.3) is 5.56 Å². The van der Waals surface area contributed by atoms with Crippen molar-refractivity contribution in [2.75, 3.05) is 12.3 Å². The van der Waals surface area contributed by atoms with E-state index in [-0.39, 0.29) is 52.0 Å². The summed E-state index contributed by atoms with van der Waals surface area (Å²) < 4.78 is 27.7. The van der Waals surface area contributed by atoms with Gasteiger partial charge in [0, 0.05) is 18.2 Å². The van der Waals surface area contributed by atoms with E-state index in [4.69, 9.17) is 23.4 Å². The van der Waals surface area contributed by atoms with Crippen LogP contribution in [0.15, 0.2) is 11.0 Å². The van der Waals surface area contributed by atoms with Crippen LogP contribution in [-0.4, -0.2) is 50.9 Å². The third kappa shape index (κ3) is 4.09. The van der Waals surface area contributed by atoms with Crippen molar-refractivity contribution in [3.05, 3.63) is 22.1 Å². The Hall–Kier alpha value is -1.51.